The maximum Gasteiger partial charge on any atom is 0.163 e. The lowest BCUT2D eigenvalue weighted by Gasteiger charge is -2.15. The van der Waals surface area contributed by atoms with E-state index in [2.05, 4.69) is 0 Å². The highest BCUT2D eigenvalue weighted by molar-refractivity contribution is 4.87. The number of hydrogen-bond acceptors (Lipinski definition) is 3. The summed E-state index contributed by atoms with van der Waals surface area (Å²) in [5, 5.41) is 9.94. The monoisotopic (exact) mass is 159 g/mol. The van der Waals surface area contributed by atoms with Gasteiger partial charge in [-0.1, -0.05) is 0 Å². The highest BCUT2D eigenvalue weighted by atomic mass is 16.7. The molecule has 1 aliphatic rings. The van der Waals surface area contributed by atoms with Crippen LogP contribution < -0.4 is 5.48 Å². The Labute approximate surface area is 65.8 Å². The van der Waals surface area contributed by atoms with Crippen molar-refractivity contribution in [3.05, 3.63) is 17.5 Å². The zero-order valence-electron chi connectivity index (χ0n) is 6.74. The quantitative estimate of drug-likeness (QED) is 0.563. The summed E-state index contributed by atoms with van der Waals surface area (Å²) in [6.07, 6.45) is 3.05. The second-order valence-electron chi connectivity index (χ2n) is 2.89. The molecule has 0 amide bonds. The van der Waals surface area contributed by atoms with E-state index in [0.717, 1.165) is 5.48 Å². The molecule has 4 nitrogen and oxygen atoms in total. The SMILES string of the molecule is CC1(C)OC[C@H](/C=C/[NH2+][O-])O1. The third-order valence-electron chi connectivity index (χ3n) is 1.43. The van der Waals surface area contributed by atoms with Gasteiger partial charge in [-0.3, -0.25) is 0 Å². The van der Waals surface area contributed by atoms with Gasteiger partial charge in [0.05, 0.1) is 12.8 Å². The molecule has 1 atom stereocenters. The van der Waals surface area contributed by atoms with Gasteiger partial charge in [0.15, 0.2) is 5.79 Å². The number of quaternary nitrogens is 1. The molecule has 0 aromatic carbocycles. The molecule has 0 aromatic heterocycles. The highest BCUT2D eigenvalue weighted by Gasteiger charge is 2.31. The van der Waals surface area contributed by atoms with Gasteiger partial charge in [-0.25, -0.2) is 0 Å². The third-order valence-corrected chi connectivity index (χ3v) is 1.43. The first-order chi connectivity index (χ1) is 5.14. The Hall–Kier alpha value is -0.420. The second kappa shape index (κ2) is 3.32. The van der Waals surface area contributed by atoms with Crippen molar-refractivity contribution in [2.24, 2.45) is 0 Å². The summed E-state index contributed by atoms with van der Waals surface area (Å²) < 4.78 is 10.6. The van der Waals surface area contributed by atoms with Gasteiger partial charge in [0.25, 0.3) is 0 Å². The van der Waals surface area contributed by atoms with Gasteiger partial charge in [0.1, 0.15) is 6.10 Å². The van der Waals surface area contributed by atoms with Crippen LogP contribution in [0.3, 0.4) is 0 Å². The molecule has 11 heavy (non-hydrogen) atoms. The lowest BCUT2D eigenvalue weighted by molar-refractivity contribution is -0.515. The van der Waals surface area contributed by atoms with Crippen molar-refractivity contribution >= 4 is 0 Å². The fraction of sp³-hybridized carbons (Fsp3) is 0.714. The highest BCUT2D eigenvalue weighted by Crippen LogP contribution is 2.22. The van der Waals surface area contributed by atoms with Crippen LogP contribution in [0.5, 0.6) is 0 Å². The van der Waals surface area contributed by atoms with E-state index in [9.17, 15) is 5.21 Å². The van der Waals surface area contributed by atoms with E-state index < -0.39 is 5.79 Å². The van der Waals surface area contributed by atoms with E-state index in [0.29, 0.717) is 6.61 Å². The van der Waals surface area contributed by atoms with Crippen LogP contribution in [-0.2, 0) is 9.47 Å². The molecule has 0 radical (unpaired) electrons. The Bertz CT molecular complexity index is 156. The lowest BCUT2D eigenvalue weighted by Crippen LogP contribution is -2.70. The zero-order valence-corrected chi connectivity index (χ0v) is 6.74. The van der Waals surface area contributed by atoms with Crippen molar-refractivity contribution in [2.75, 3.05) is 6.61 Å². The average Bonchev–Trinajstić information content (AvgIpc) is 2.26. The second-order valence-corrected chi connectivity index (χ2v) is 2.89. The van der Waals surface area contributed by atoms with E-state index >= 15 is 0 Å². The van der Waals surface area contributed by atoms with Gasteiger partial charge in [-0.2, -0.15) is 0 Å². The molecule has 0 bridgehead atoms. The van der Waals surface area contributed by atoms with Gasteiger partial charge >= 0.3 is 0 Å². The molecule has 1 aliphatic heterocycles. The fourth-order valence-corrected chi connectivity index (χ4v) is 0.980. The fourth-order valence-electron chi connectivity index (χ4n) is 0.980. The summed E-state index contributed by atoms with van der Waals surface area (Å²) in [5.74, 6) is -0.502. The first-order valence-corrected chi connectivity index (χ1v) is 3.58. The minimum absolute atomic E-state index is 0.0739. The first kappa shape index (κ1) is 8.67. The van der Waals surface area contributed by atoms with Crippen LogP contribution in [0, 0.1) is 5.21 Å². The topological polar surface area (TPSA) is 58.1 Å². The molecule has 0 saturated carbocycles. The number of rotatable bonds is 2. The summed E-state index contributed by atoms with van der Waals surface area (Å²) >= 11 is 0. The van der Waals surface area contributed by atoms with Crippen molar-refractivity contribution in [3.63, 3.8) is 0 Å². The van der Waals surface area contributed by atoms with Gasteiger partial charge in [-0.15, -0.1) is 0 Å². The maximum atomic E-state index is 9.94. The lowest BCUT2D eigenvalue weighted by atomic mass is 10.4. The van der Waals surface area contributed by atoms with Crippen molar-refractivity contribution in [2.45, 2.75) is 25.7 Å². The molecule has 0 aliphatic carbocycles. The molecule has 64 valence electrons. The molecule has 0 aromatic rings. The van der Waals surface area contributed by atoms with Gasteiger partial charge < -0.3 is 20.2 Å². The van der Waals surface area contributed by atoms with Gasteiger partial charge in [-0.05, 0) is 13.8 Å². The van der Waals surface area contributed by atoms with Crippen LogP contribution in [-0.4, -0.2) is 18.5 Å². The number of nitrogens with two attached hydrogens (primary N) is 1. The standard InChI is InChI=1S/C7H13NO3/c1-7(2)10-5-6(11-7)3-4-8-9/h3-4,6H,5,8H2,1-2H3/b4-3+/t6-/m0/s1. The average molecular weight is 159 g/mol. The number of hydrogen-bond donors (Lipinski definition) is 1. The number of ether oxygens (including phenoxy) is 2. The van der Waals surface area contributed by atoms with Gasteiger partial charge in [0, 0.05) is 6.08 Å². The van der Waals surface area contributed by atoms with E-state index in [4.69, 9.17) is 9.47 Å². The van der Waals surface area contributed by atoms with Crippen molar-refractivity contribution in [1.29, 1.82) is 0 Å². The molecular formula is C7H13NO3. The van der Waals surface area contributed by atoms with E-state index in [1.54, 1.807) is 6.08 Å². The third kappa shape index (κ3) is 2.59. The minimum Gasteiger partial charge on any atom is -0.631 e. The van der Waals surface area contributed by atoms with Crippen LogP contribution in [0.4, 0.5) is 0 Å². The Kier molecular flexibility index (Phi) is 2.62. The molecule has 0 spiro atoms. The van der Waals surface area contributed by atoms with Crippen LogP contribution in [0.1, 0.15) is 13.8 Å². The molecule has 1 rings (SSSR count). The normalized spacial score (nSPS) is 29.9. The molecular weight excluding hydrogens is 146 g/mol. The molecule has 4 heteroatoms. The minimum atomic E-state index is -0.502. The number of hydroxylamine groups is 1. The summed E-state index contributed by atoms with van der Waals surface area (Å²) in [5.41, 5.74) is 0.731. The summed E-state index contributed by atoms with van der Waals surface area (Å²) in [7, 11) is 0. The van der Waals surface area contributed by atoms with Crippen LogP contribution in [0.2, 0.25) is 0 Å². The smallest absolute Gasteiger partial charge is 0.163 e. The Balaban J connectivity index is 2.36. The van der Waals surface area contributed by atoms with Crippen LogP contribution in [0.15, 0.2) is 12.3 Å². The van der Waals surface area contributed by atoms with Crippen molar-refractivity contribution < 1.29 is 15.0 Å². The summed E-state index contributed by atoms with van der Waals surface area (Å²) in [4.78, 5) is 0. The Morgan fingerprint density at radius 1 is 1.64 bits per heavy atom. The van der Waals surface area contributed by atoms with Crippen LogP contribution >= 0.6 is 0 Å². The van der Waals surface area contributed by atoms with Crippen molar-refractivity contribution in [3.8, 4) is 0 Å². The first-order valence-electron chi connectivity index (χ1n) is 3.58. The van der Waals surface area contributed by atoms with E-state index in [1.165, 1.54) is 6.20 Å². The van der Waals surface area contributed by atoms with Crippen LogP contribution in [0.25, 0.3) is 0 Å². The largest absolute Gasteiger partial charge is 0.631 e. The van der Waals surface area contributed by atoms with E-state index in [1.807, 2.05) is 13.8 Å². The molecule has 1 fully saturated rings. The van der Waals surface area contributed by atoms with E-state index in [-0.39, 0.29) is 6.10 Å². The Morgan fingerprint density at radius 3 is 2.82 bits per heavy atom. The van der Waals surface area contributed by atoms with Gasteiger partial charge in [0.2, 0.25) is 0 Å². The Morgan fingerprint density at radius 2 is 2.36 bits per heavy atom. The van der Waals surface area contributed by atoms with Crippen molar-refractivity contribution in [1.82, 2.24) is 0 Å². The molecule has 1 saturated heterocycles. The molecule has 0 unspecified atom stereocenters. The predicted octanol–water partition coefficient (Wildman–Crippen LogP) is -0.287. The molecule has 2 N–H and O–H groups in total. The predicted molar refractivity (Wildman–Crippen MR) is 39.3 cm³/mol. The summed E-state index contributed by atoms with van der Waals surface area (Å²) in [6.45, 7) is 4.22. The molecule has 1 heterocycles. The maximum absolute atomic E-state index is 9.94. The summed E-state index contributed by atoms with van der Waals surface area (Å²) in [6, 6.07) is 0. The zero-order chi connectivity index (χ0) is 8.32.